The molecule has 156 valence electrons. The molecule has 0 saturated carbocycles. The van der Waals surface area contributed by atoms with E-state index in [1.807, 2.05) is 31.2 Å². The first-order valence-corrected chi connectivity index (χ1v) is 10.9. The standard InChI is InChI=1S/C20H25N3O5S/c1-15-5-4-10-22(14-15)29(26,27)18-8-9-19(20(12-18)23(24)25)21-13-16-6-3-7-17(11-16)28-2/h3,6-9,11-12,15,21H,4-5,10,13-14H2,1-2H3/t15-/m0/s1. The topological polar surface area (TPSA) is 102 Å². The molecule has 0 spiro atoms. The van der Waals surface area contributed by atoms with Crippen LogP contribution in [0.3, 0.4) is 0 Å². The Morgan fingerprint density at radius 1 is 1.28 bits per heavy atom. The van der Waals surface area contributed by atoms with Gasteiger partial charge in [-0.3, -0.25) is 10.1 Å². The van der Waals surface area contributed by atoms with Gasteiger partial charge in [0.15, 0.2) is 0 Å². The molecule has 0 unspecified atom stereocenters. The Balaban J connectivity index is 1.84. The third-order valence-electron chi connectivity index (χ3n) is 5.04. The largest absolute Gasteiger partial charge is 0.497 e. The third-order valence-corrected chi connectivity index (χ3v) is 6.90. The summed E-state index contributed by atoms with van der Waals surface area (Å²) in [5.41, 5.74) is 0.889. The lowest BCUT2D eigenvalue weighted by Crippen LogP contribution is -2.39. The van der Waals surface area contributed by atoms with Gasteiger partial charge in [0.25, 0.3) is 5.69 Å². The Morgan fingerprint density at radius 3 is 2.76 bits per heavy atom. The summed E-state index contributed by atoms with van der Waals surface area (Å²) in [6.07, 6.45) is 1.78. The Bertz CT molecular complexity index is 993. The Kier molecular flexibility index (Phi) is 6.39. The van der Waals surface area contributed by atoms with Gasteiger partial charge in [-0.05, 0) is 48.6 Å². The first-order chi connectivity index (χ1) is 13.8. The predicted molar refractivity (Wildman–Crippen MR) is 111 cm³/mol. The number of anilines is 1. The van der Waals surface area contributed by atoms with Crippen LogP contribution >= 0.6 is 0 Å². The summed E-state index contributed by atoms with van der Waals surface area (Å²) in [5, 5.41) is 14.6. The maximum absolute atomic E-state index is 12.9. The summed E-state index contributed by atoms with van der Waals surface area (Å²) >= 11 is 0. The van der Waals surface area contributed by atoms with Crippen molar-refractivity contribution in [3.05, 3.63) is 58.1 Å². The molecule has 29 heavy (non-hydrogen) atoms. The second-order valence-electron chi connectivity index (χ2n) is 7.25. The number of methoxy groups -OCH3 is 1. The maximum atomic E-state index is 12.9. The molecule has 1 saturated heterocycles. The van der Waals surface area contributed by atoms with Crippen molar-refractivity contribution in [2.24, 2.45) is 5.92 Å². The normalized spacial score (nSPS) is 17.7. The number of piperidine rings is 1. The summed E-state index contributed by atoms with van der Waals surface area (Å²) in [6, 6.07) is 11.4. The lowest BCUT2D eigenvalue weighted by Gasteiger charge is -2.30. The van der Waals surface area contributed by atoms with Crippen molar-refractivity contribution in [1.29, 1.82) is 0 Å². The van der Waals surface area contributed by atoms with Crippen molar-refractivity contribution >= 4 is 21.4 Å². The number of nitro benzene ring substituents is 1. The van der Waals surface area contributed by atoms with Crippen molar-refractivity contribution in [2.75, 3.05) is 25.5 Å². The van der Waals surface area contributed by atoms with E-state index < -0.39 is 14.9 Å². The quantitative estimate of drug-likeness (QED) is 0.543. The molecule has 2 aromatic carbocycles. The van der Waals surface area contributed by atoms with E-state index in [1.54, 1.807) is 7.11 Å². The van der Waals surface area contributed by atoms with Gasteiger partial charge in [-0.25, -0.2) is 8.42 Å². The van der Waals surface area contributed by atoms with E-state index in [1.165, 1.54) is 16.4 Å². The molecule has 1 N–H and O–H groups in total. The van der Waals surface area contributed by atoms with Crippen LogP contribution in [0.4, 0.5) is 11.4 Å². The van der Waals surface area contributed by atoms with Crippen molar-refractivity contribution in [3.63, 3.8) is 0 Å². The fraction of sp³-hybridized carbons (Fsp3) is 0.400. The zero-order chi connectivity index (χ0) is 21.0. The van der Waals surface area contributed by atoms with Gasteiger partial charge in [0.1, 0.15) is 11.4 Å². The van der Waals surface area contributed by atoms with Crippen LogP contribution in [0.2, 0.25) is 0 Å². The van der Waals surface area contributed by atoms with E-state index in [-0.39, 0.29) is 22.2 Å². The van der Waals surface area contributed by atoms with Crippen LogP contribution in [-0.4, -0.2) is 37.8 Å². The van der Waals surface area contributed by atoms with Gasteiger partial charge in [-0.15, -0.1) is 0 Å². The smallest absolute Gasteiger partial charge is 0.293 e. The minimum absolute atomic E-state index is 0.0507. The van der Waals surface area contributed by atoms with E-state index in [9.17, 15) is 18.5 Å². The van der Waals surface area contributed by atoms with Crippen LogP contribution in [0.5, 0.6) is 5.75 Å². The van der Waals surface area contributed by atoms with Gasteiger partial charge >= 0.3 is 0 Å². The minimum Gasteiger partial charge on any atom is -0.497 e. The number of hydrogen-bond donors (Lipinski definition) is 1. The molecular weight excluding hydrogens is 394 g/mol. The summed E-state index contributed by atoms with van der Waals surface area (Å²) in [4.78, 5) is 11.0. The van der Waals surface area contributed by atoms with Crippen LogP contribution in [0.1, 0.15) is 25.3 Å². The second kappa shape index (κ2) is 8.79. The lowest BCUT2D eigenvalue weighted by molar-refractivity contribution is -0.384. The summed E-state index contributed by atoms with van der Waals surface area (Å²) in [7, 11) is -2.19. The van der Waals surface area contributed by atoms with Gasteiger partial charge in [0.2, 0.25) is 10.0 Å². The van der Waals surface area contributed by atoms with Crippen LogP contribution in [0, 0.1) is 16.0 Å². The molecule has 0 amide bonds. The first kappa shape index (κ1) is 21.1. The van der Waals surface area contributed by atoms with Crippen LogP contribution < -0.4 is 10.1 Å². The van der Waals surface area contributed by atoms with Gasteiger partial charge < -0.3 is 10.1 Å². The molecule has 0 radical (unpaired) electrons. The van der Waals surface area contributed by atoms with Crippen molar-refractivity contribution in [1.82, 2.24) is 4.31 Å². The van der Waals surface area contributed by atoms with E-state index in [0.717, 1.165) is 24.5 Å². The van der Waals surface area contributed by atoms with Crippen molar-refractivity contribution in [2.45, 2.75) is 31.2 Å². The van der Waals surface area contributed by atoms with E-state index >= 15 is 0 Å². The first-order valence-electron chi connectivity index (χ1n) is 9.46. The zero-order valence-corrected chi connectivity index (χ0v) is 17.3. The molecule has 1 heterocycles. The maximum Gasteiger partial charge on any atom is 0.293 e. The molecule has 1 aliphatic heterocycles. The van der Waals surface area contributed by atoms with E-state index in [4.69, 9.17) is 4.74 Å². The number of hydrogen-bond acceptors (Lipinski definition) is 6. The summed E-state index contributed by atoms with van der Waals surface area (Å²) < 4.78 is 32.5. The number of sulfonamides is 1. The van der Waals surface area contributed by atoms with Gasteiger partial charge in [0, 0.05) is 25.7 Å². The average molecular weight is 420 g/mol. The summed E-state index contributed by atoms with van der Waals surface area (Å²) in [6.45, 7) is 3.23. The molecule has 3 rings (SSSR count). The number of nitrogens with one attached hydrogen (secondary N) is 1. The molecular formula is C20H25N3O5S. The fourth-order valence-electron chi connectivity index (χ4n) is 3.47. The zero-order valence-electron chi connectivity index (χ0n) is 16.5. The Labute approximate surface area is 170 Å². The van der Waals surface area contributed by atoms with E-state index in [2.05, 4.69) is 5.32 Å². The monoisotopic (exact) mass is 419 g/mol. The molecule has 0 aliphatic carbocycles. The highest BCUT2D eigenvalue weighted by atomic mass is 32.2. The highest BCUT2D eigenvalue weighted by Crippen LogP contribution is 2.31. The number of nitrogens with zero attached hydrogens (tertiary/aromatic N) is 2. The molecule has 8 nitrogen and oxygen atoms in total. The predicted octanol–water partition coefficient (Wildman–Crippen LogP) is 3.64. The SMILES string of the molecule is COc1cccc(CNc2ccc(S(=O)(=O)N3CCC[C@H](C)C3)cc2[N+](=O)[O-])c1. The third kappa shape index (κ3) is 4.86. The lowest BCUT2D eigenvalue weighted by atomic mass is 10.0. The number of ether oxygens (including phenoxy) is 1. The molecule has 0 aromatic heterocycles. The highest BCUT2D eigenvalue weighted by Gasteiger charge is 2.30. The van der Waals surface area contributed by atoms with Crippen LogP contribution in [0.25, 0.3) is 0 Å². The van der Waals surface area contributed by atoms with Crippen molar-refractivity contribution in [3.8, 4) is 5.75 Å². The molecule has 1 aliphatic rings. The molecule has 2 aromatic rings. The van der Waals surface area contributed by atoms with E-state index in [0.29, 0.717) is 25.4 Å². The van der Waals surface area contributed by atoms with Crippen molar-refractivity contribution < 1.29 is 18.1 Å². The second-order valence-corrected chi connectivity index (χ2v) is 9.19. The average Bonchev–Trinajstić information content (AvgIpc) is 2.72. The Hall–Kier alpha value is -2.65. The molecule has 0 bridgehead atoms. The number of rotatable bonds is 7. The highest BCUT2D eigenvalue weighted by molar-refractivity contribution is 7.89. The minimum atomic E-state index is -3.76. The molecule has 1 fully saturated rings. The Morgan fingerprint density at radius 2 is 2.07 bits per heavy atom. The van der Waals surface area contributed by atoms with Crippen LogP contribution in [-0.2, 0) is 16.6 Å². The number of nitro groups is 1. The fourth-order valence-corrected chi connectivity index (χ4v) is 5.08. The van der Waals surface area contributed by atoms with Gasteiger partial charge in [-0.2, -0.15) is 4.31 Å². The summed E-state index contributed by atoms with van der Waals surface area (Å²) in [5.74, 6) is 0.966. The van der Waals surface area contributed by atoms with Crippen LogP contribution in [0.15, 0.2) is 47.4 Å². The number of benzene rings is 2. The van der Waals surface area contributed by atoms with Gasteiger partial charge in [-0.1, -0.05) is 19.1 Å². The van der Waals surface area contributed by atoms with Gasteiger partial charge in [0.05, 0.1) is 16.9 Å². The molecule has 1 atom stereocenters. The molecule has 9 heteroatoms.